The molecule has 0 heterocycles. The zero-order valence-corrected chi connectivity index (χ0v) is 11.8. The molecule has 0 aliphatic carbocycles. The standard InChI is InChI=1S/C14H20ClNO2/c1-14(2,3)8-7-10(13(17)18)9-5-4-6-11(15)12(9)16/h4-6,10H,7-8,16H2,1-3H3,(H,17,18). The van der Waals surface area contributed by atoms with Gasteiger partial charge in [-0.25, -0.2) is 0 Å². The first kappa shape index (κ1) is 14.8. The van der Waals surface area contributed by atoms with Crippen molar-refractivity contribution in [2.45, 2.75) is 39.5 Å². The molecular formula is C14H20ClNO2. The molecule has 3 nitrogen and oxygen atoms in total. The van der Waals surface area contributed by atoms with Gasteiger partial charge in [-0.15, -0.1) is 0 Å². The van der Waals surface area contributed by atoms with Gasteiger partial charge in [0.2, 0.25) is 0 Å². The largest absolute Gasteiger partial charge is 0.481 e. The van der Waals surface area contributed by atoms with Gasteiger partial charge in [0.25, 0.3) is 0 Å². The number of nitrogens with two attached hydrogens (primary N) is 1. The number of carbonyl (C=O) groups is 1. The summed E-state index contributed by atoms with van der Waals surface area (Å²) < 4.78 is 0. The average Bonchev–Trinajstić information content (AvgIpc) is 2.22. The second kappa shape index (κ2) is 5.61. The number of carboxylic acid groups (broad SMARTS) is 1. The topological polar surface area (TPSA) is 63.3 Å². The molecule has 1 rings (SSSR count). The highest BCUT2D eigenvalue weighted by molar-refractivity contribution is 6.33. The lowest BCUT2D eigenvalue weighted by Crippen LogP contribution is -2.16. The van der Waals surface area contributed by atoms with Crippen LogP contribution in [-0.4, -0.2) is 11.1 Å². The van der Waals surface area contributed by atoms with Gasteiger partial charge in [-0.1, -0.05) is 44.5 Å². The molecule has 0 aromatic heterocycles. The normalized spacial score (nSPS) is 13.3. The number of hydrogen-bond donors (Lipinski definition) is 2. The monoisotopic (exact) mass is 269 g/mol. The van der Waals surface area contributed by atoms with Gasteiger partial charge in [0.15, 0.2) is 0 Å². The van der Waals surface area contributed by atoms with Gasteiger partial charge in [0, 0.05) is 0 Å². The lowest BCUT2D eigenvalue weighted by atomic mass is 9.84. The molecule has 0 spiro atoms. The maximum Gasteiger partial charge on any atom is 0.311 e. The van der Waals surface area contributed by atoms with Crippen LogP contribution < -0.4 is 5.73 Å². The third kappa shape index (κ3) is 3.91. The lowest BCUT2D eigenvalue weighted by Gasteiger charge is -2.22. The van der Waals surface area contributed by atoms with E-state index in [1.165, 1.54) is 0 Å². The lowest BCUT2D eigenvalue weighted by molar-refractivity contribution is -0.139. The van der Waals surface area contributed by atoms with Crippen LogP contribution in [-0.2, 0) is 4.79 Å². The van der Waals surface area contributed by atoms with E-state index in [0.717, 1.165) is 6.42 Å². The molecule has 100 valence electrons. The summed E-state index contributed by atoms with van der Waals surface area (Å²) in [5.74, 6) is -1.45. The van der Waals surface area contributed by atoms with Crippen LogP contribution in [0, 0.1) is 5.41 Å². The van der Waals surface area contributed by atoms with Gasteiger partial charge in [0.1, 0.15) is 0 Å². The summed E-state index contributed by atoms with van der Waals surface area (Å²) in [6.07, 6.45) is 1.37. The Balaban J connectivity index is 2.99. The van der Waals surface area contributed by atoms with Crippen molar-refractivity contribution in [2.75, 3.05) is 5.73 Å². The van der Waals surface area contributed by atoms with Gasteiger partial charge in [-0.05, 0) is 29.9 Å². The van der Waals surface area contributed by atoms with Crippen LogP contribution in [0.5, 0.6) is 0 Å². The molecule has 1 unspecified atom stereocenters. The number of anilines is 1. The van der Waals surface area contributed by atoms with E-state index in [1.807, 2.05) is 0 Å². The number of nitrogen functional groups attached to an aromatic ring is 1. The number of rotatable bonds is 4. The zero-order valence-electron chi connectivity index (χ0n) is 11.0. The molecule has 0 saturated heterocycles. The molecule has 4 heteroatoms. The van der Waals surface area contributed by atoms with Crippen molar-refractivity contribution in [2.24, 2.45) is 5.41 Å². The summed E-state index contributed by atoms with van der Waals surface area (Å²) in [7, 11) is 0. The zero-order chi connectivity index (χ0) is 13.9. The van der Waals surface area contributed by atoms with Crippen molar-refractivity contribution in [1.29, 1.82) is 0 Å². The molecule has 0 aliphatic rings. The molecule has 3 N–H and O–H groups in total. The third-order valence-electron chi connectivity index (χ3n) is 2.94. The number of hydrogen-bond acceptors (Lipinski definition) is 2. The summed E-state index contributed by atoms with van der Waals surface area (Å²) in [5, 5.41) is 9.75. The van der Waals surface area contributed by atoms with Crippen molar-refractivity contribution in [3.63, 3.8) is 0 Å². The molecule has 1 atom stereocenters. The predicted octanol–water partition coefficient (Wildman–Crippen LogP) is 3.92. The van der Waals surface area contributed by atoms with Crippen LogP contribution in [0.1, 0.15) is 45.1 Å². The van der Waals surface area contributed by atoms with E-state index in [9.17, 15) is 9.90 Å². The smallest absolute Gasteiger partial charge is 0.311 e. The molecular weight excluding hydrogens is 250 g/mol. The molecule has 0 aliphatic heterocycles. The molecule has 0 saturated carbocycles. The fourth-order valence-electron chi connectivity index (χ4n) is 1.85. The highest BCUT2D eigenvalue weighted by Gasteiger charge is 2.25. The van der Waals surface area contributed by atoms with Crippen molar-refractivity contribution >= 4 is 23.3 Å². The summed E-state index contributed by atoms with van der Waals surface area (Å²) in [6, 6.07) is 5.15. The second-order valence-corrected chi connectivity index (χ2v) is 6.14. The van der Waals surface area contributed by atoms with Gasteiger partial charge in [-0.2, -0.15) is 0 Å². The summed E-state index contributed by atoms with van der Waals surface area (Å²) in [4.78, 5) is 11.4. The van der Waals surface area contributed by atoms with Crippen molar-refractivity contribution in [3.05, 3.63) is 28.8 Å². The number of carboxylic acids is 1. The molecule has 0 radical (unpaired) electrons. The van der Waals surface area contributed by atoms with E-state index < -0.39 is 11.9 Å². The van der Waals surface area contributed by atoms with E-state index in [0.29, 0.717) is 22.7 Å². The van der Waals surface area contributed by atoms with E-state index >= 15 is 0 Å². The first-order valence-electron chi connectivity index (χ1n) is 5.99. The Labute approximate surface area is 113 Å². The van der Waals surface area contributed by atoms with E-state index in [1.54, 1.807) is 18.2 Å². The molecule has 1 aromatic carbocycles. The Morgan fingerprint density at radius 1 is 1.44 bits per heavy atom. The van der Waals surface area contributed by atoms with Crippen molar-refractivity contribution < 1.29 is 9.90 Å². The quantitative estimate of drug-likeness (QED) is 0.815. The van der Waals surface area contributed by atoms with Crippen LogP contribution in [0.25, 0.3) is 0 Å². The van der Waals surface area contributed by atoms with Crippen LogP contribution in [0.2, 0.25) is 5.02 Å². The van der Waals surface area contributed by atoms with Gasteiger partial charge < -0.3 is 10.8 Å². The van der Waals surface area contributed by atoms with Crippen LogP contribution >= 0.6 is 11.6 Å². The molecule has 18 heavy (non-hydrogen) atoms. The fraction of sp³-hybridized carbons (Fsp3) is 0.500. The first-order valence-corrected chi connectivity index (χ1v) is 6.37. The van der Waals surface area contributed by atoms with Crippen LogP contribution in [0.3, 0.4) is 0 Å². The van der Waals surface area contributed by atoms with Crippen LogP contribution in [0.15, 0.2) is 18.2 Å². The Morgan fingerprint density at radius 3 is 2.56 bits per heavy atom. The van der Waals surface area contributed by atoms with E-state index in [-0.39, 0.29) is 5.41 Å². The number of para-hydroxylation sites is 1. The maximum atomic E-state index is 11.4. The minimum Gasteiger partial charge on any atom is -0.481 e. The number of halogens is 1. The molecule has 0 bridgehead atoms. The van der Waals surface area contributed by atoms with E-state index in [2.05, 4.69) is 20.8 Å². The van der Waals surface area contributed by atoms with E-state index in [4.69, 9.17) is 17.3 Å². The average molecular weight is 270 g/mol. The summed E-state index contributed by atoms with van der Waals surface area (Å²) >= 11 is 5.93. The Hall–Kier alpha value is -1.22. The fourth-order valence-corrected chi connectivity index (χ4v) is 2.03. The molecule has 0 fully saturated rings. The number of aliphatic carboxylic acids is 1. The van der Waals surface area contributed by atoms with Crippen LogP contribution in [0.4, 0.5) is 5.69 Å². The Kier molecular flexibility index (Phi) is 4.63. The summed E-state index contributed by atoms with van der Waals surface area (Å²) in [5.41, 5.74) is 6.95. The van der Waals surface area contributed by atoms with Gasteiger partial charge in [0.05, 0.1) is 16.6 Å². The van der Waals surface area contributed by atoms with Gasteiger partial charge >= 0.3 is 5.97 Å². The van der Waals surface area contributed by atoms with Crippen molar-refractivity contribution in [3.8, 4) is 0 Å². The first-order chi connectivity index (χ1) is 8.22. The maximum absolute atomic E-state index is 11.4. The molecule has 1 aromatic rings. The minimum atomic E-state index is -0.854. The Morgan fingerprint density at radius 2 is 2.06 bits per heavy atom. The second-order valence-electron chi connectivity index (χ2n) is 5.73. The highest BCUT2D eigenvalue weighted by atomic mass is 35.5. The van der Waals surface area contributed by atoms with Gasteiger partial charge in [-0.3, -0.25) is 4.79 Å². The highest BCUT2D eigenvalue weighted by Crippen LogP contribution is 2.34. The molecule has 0 amide bonds. The predicted molar refractivity (Wildman–Crippen MR) is 74.9 cm³/mol. The van der Waals surface area contributed by atoms with Crippen molar-refractivity contribution in [1.82, 2.24) is 0 Å². The third-order valence-corrected chi connectivity index (χ3v) is 3.27. The Bertz CT molecular complexity index is 438. The minimum absolute atomic E-state index is 0.0983. The SMILES string of the molecule is CC(C)(C)CCC(C(=O)O)c1cccc(Cl)c1N. The summed E-state index contributed by atoms with van der Waals surface area (Å²) in [6.45, 7) is 6.27. The number of benzene rings is 1.